The molecule has 0 spiro atoms. The third-order valence-corrected chi connectivity index (χ3v) is 6.06. The number of ether oxygens (including phenoxy) is 3. The number of hydrogen-bond donors (Lipinski definition) is 0. The van der Waals surface area contributed by atoms with Crippen LogP contribution in [0, 0.1) is 0 Å². The number of carbonyl (C=O) groups excluding carboxylic acids is 1. The van der Waals surface area contributed by atoms with Crippen LogP contribution in [-0.4, -0.2) is 51.3 Å². The molecule has 1 aromatic heterocycles. The second kappa shape index (κ2) is 10.4. The minimum absolute atomic E-state index is 0.0438. The molecule has 0 radical (unpaired) electrons. The van der Waals surface area contributed by atoms with Crippen LogP contribution in [0.4, 0.5) is 5.69 Å². The second-order valence-corrected chi connectivity index (χ2v) is 8.05. The molecule has 33 heavy (non-hydrogen) atoms. The highest BCUT2D eigenvalue weighted by atomic mass is 16.5. The number of likely N-dealkylation sites (tertiary alicyclic amines) is 1. The Morgan fingerprint density at radius 3 is 2.42 bits per heavy atom. The average Bonchev–Trinajstić information content (AvgIpc) is 3.40. The monoisotopic (exact) mass is 450 g/mol. The summed E-state index contributed by atoms with van der Waals surface area (Å²) >= 11 is 0. The summed E-state index contributed by atoms with van der Waals surface area (Å²) in [5, 5.41) is 0. The molecule has 1 fully saturated rings. The van der Waals surface area contributed by atoms with Crippen molar-refractivity contribution in [1.82, 2.24) is 4.90 Å². The van der Waals surface area contributed by atoms with Gasteiger partial charge in [-0.25, -0.2) is 0 Å². The van der Waals surface area contributed by atoms with Crippen molar-refractivity contribution in [2.24, 2.45) is 0 Å². The molecule has 1 aliphatic rings. The standard InChI is InChI=1S/C26H30N2O5/c1-30-22-7-4-6-19(16-22)18-27-13-11-20(12-14-27)28(26(29)24-8-5-15-33-24)21-9-10-23(31-2)25(17-21)32-3/h4-10,15-17,20H,11-14,18H2,1-3H3. The van der Waals surface area contributed by atoms with Crippen molar-refractivity contribution in [3.8, 4) is 17.2 Å². The molecule has 0 bridgehead atoms. The van der Waals surface area contributed by atoms with Gasteiger partial charge in [0.2, 0.25) is 0 Å². The normalized spacial score (nSPS) is 14.6. The van der Waals surface area contributed by atoms with E-state index in [1.165, 1.54) is 11.8 Å². The molecule has 1 saturated heterocycles. The fraction of sp³-hybridized carbons (Fsp3) is 0.346. The lowest BCUT2D eigenvalue weighted by Gasteiger charge is -2.38. The van der Waals surface area contributed by atoms with Gasteiger partial charge in [-0.2, -0.15) is 0 Å². The first-order chi connectivity index (χ1) is 16.1. The SMILES string of the molecule is COc1cccc(CN2CCC(N(C(=O)c3ccco3)c3ccc(OC)c(OC)c3)CC2)c1. The van der Waals surface area contributed by atoms with Gasteiger partial charge in [0.1, 0.15) is 5.75 Å². The van der Waals surface area contributed by atoms with Crippen LogP contribution in [0.25, 0.3) is 0 Å². The molecule has 0 N–H and O–H groups in total. The average molecular weight is 451 g/mol. The van der Waals surface area contributed by atoms with Crippen molar-refractivity contribution < 1.29 is 23.4 Å². The zero-order valence-electron chi connectivity index (χ0n) is 19.3. The molecule has 4 rings (SSSR count). The zero-order valence-corrected chi connectivity index (χ0v) is 19.3. The summed E-state index contributed by atoms with van der Waals surface area (Å²) in [5.74, 6) is 2.25. The molecule has 1 amide bonds. The number of carbonyl (C=O) groups is 1. The van der Waals surface area contributed by atoms with Crippen LogP contribution in [0.15, 0.2) is 65.3 Å². The summed E-state index contributed by atoms with van der Waals surface area (Å²) in [4.78, 5) is 17.7. The van der Waals surface area contributed by atoms with Gasteiger partial charge in [-0.15, -0.1) is 0 Å². The Hall–Kier alpha value is -3.45. The van der Waals surface area contributed by atoms with Crippen molar-refractivity contribution in [2.75, 3.05) is 39.3 Å². The lowest BCUT2D eigenvalue weighted by molar-refractivity contribution is 0.0931. The number of furan rings is 1. The summed E-state index contributed by atoms with van der Waals surface area (Å²) < 4.78 is 21.6. The first-order valence-corrected chi connectivity index (χ1v) is 11.1. The predicted molar refractivity (Wildman–Crippen MR) is 126 cm³/mol. The highest BCUT2D eigenvalue weighted by Gasteiger charge is 2.31. The maximum Gasteiger partial charge on any atom is 0.294 e. The summed E-state index contributed by atoms with van der Waals surface area (Å²) in [6.07, 6.45) is 3.23. The highest BCUT2D eigenvalue weighted by molar-refractivity contribution is 6.04. The van der Waals surface area contributed by atoms with Crippen LogP contribution in [0.3, 0.4) is 0 Å². The Morgan fingerprint density at radius 1 is 0.970 bits per heavy atom. The molecular formula is C26H30N2O5. The van der Waals surface area contributed by atoms with E-state index in [0.717, 1.165) is 43.9 Å². The number of nitrogens with zero attached hydrogens (tertiary/aromatic N) is 2. The number of methoxy groups -OCH3 is 3. The van der Waals surface area contributed by atoms with Crippen LogP contribution >= 0.6 is 0 Å². The van der Waals surface area contributed by atoms with Gasteiger partial charge < -0.3 is 23.5 Å². The van der Waals surface area contributed by atoms with E-state index in [4.69, 9.17) is 18.6 Å². The molecular weight excluding hydrogens is 420 g/mol. The fourth-order valence-corrected chi connectivity index (χ4v) is 4.35. The number of amides is 1. The number of rotatable bonds is 8. The summed E-state index contributed by atoms with van der Waals surface area (Å²) in [6, 6.07) is 17.2. The van der Waals surface area contributed by atoms with Crippen molar-refractivity contribution >= 4 is 11.6 Å². The highest BCUT2D eigenvalue weighted by Crippen LogP contribution is 2.34. The van der Waals surface area contributed by atoms with E-state index in [9.17, 15) is 4.79 Å². The molecule has 2 aromatic carbocycles. The van der Waals surface area contributed by atoms with Crippen LogP contribution in [-0.2, 0) is 6.54 Å². The summed E-state index contributed by atoms with van der Waals surface area (Å²) in [5.41, 5.74) is 1.98. The smallest absolute Gasteiger partial charge is 0.294 e. The van der Waals surface area contributed by atoms with E-state index in [-0.39, 0.29) is 11.9 Å². The first-order valence-electron chi connectivity index (χ1n) is 11.1. The number of hydrogen-bond acceptors (Lipinski definition) is 6. The number of benzene rings is 2. The topological polar surface area (TPSA) is 64.4 Å². The Bertz CT molecular complexity index is 1060. The van der Waals surface area contributed by atoms with Gasteiger partial charge in [-0.3, -0.25) is 9.69 Å². The van der Waals surface area contributed by atoms with Gasteiger partial charge in [0, 0.05) is 37.4 Å². The van der Waals surface area contributed by atoms with E-state index in [2.05, 4.69) is 17.0 Å². The van der Waals surface area contributed by atoms with Crippen LogP contribution in [0.1, 0.15) is 29.0 Å². The number of piperidine rings is 1. The molecule has 2 heterocycles. The van der Waals surface area contributed by atoms with Gasteiger partial charge in [0.05, 0.1) is 27.6 Å². The molecule has 3 aromatic rings. The van der Waals surface area contributed by atoms with Gasteiger partial charge in [0.15, 0.2) is 17.3 Å². The lowest BCUT2D eigenvalue weighted by Crippen LogP contribution is -2.47. The van der Waals surface area contributed by atoms with Crippen LogP contribution in [0.5, 0.6) is 17.2 Å². The van der Waals surface area contributed by atoms with E-state index in [0.29, 0.717) is 17.3 Å². The Morgan fingerprint density at radius 2 is 1.76 bits per heavy atom. The zero-order chi connectivity index (χ0) is 23.2. The van der Waals surface area contributed by atoms with Crippen molar-refractivity contribution in [3.63, 3.8) is 0 Å². The number of anilines is 1. The van der Waals surface area contributed by atoms with Gasteiger partial charge >= 0.3 is 0 Å². The molecule has 1 aliphatic heterocycles. The van der Waals surface area contributed by atoms with E-state index < -0.39 is 0 Å². The summed E-state index contributed by atoms with van der Waals surface area (Å²) in [6.45, 7) is 2.63. The molecule has 7 nitrogen and oxygen atoms in total. The third-order valence-electron chi connectivity index (χ3n) is 6.06. The predicted octanol–water partition coefficient (Wildman–Crippen LogP) is 4.62. The Kier molecular flexibility index (Phi) is 7.19. The first kappa shape index (κ1) is 22.7. The Balaban J connectivity index is 1.53. The molecule has 174 valence electrons. The molecule has 7 heteroatoms. The Labute approximate surface area is 194 Å². The maximum atomic E-state index is 13.4. The van der Waals surface area contributed by atoms with Gasteiger partial charge in [0.25, 0.3) is 5.91 Å². The van der Waals surface area contributed by atoms with Crippen LogP contribution in [0.2, 0.25) is 0 Å². The van der Waals surface area contributed by atoms with E-state index >= 15 is 0 Å². The van der Waals surface area contributed by atoms with Crippen molar-refractivity contribution in [1.29, 1.82) is 0 Å². The van der Waals surface area contributed by atoms with E-state index in [1.54, 1.807) is 33.5 Å². The maximum absolute atomic E-state index is 13.4. The van der Waals surface area contributed by atoms with Crippen molar-refractivity contribution in [2.45, 2.75) is 25.4 Å². The van der Waals surface area contributed by atoms with E-state index in [1.807, 2.05) is 35.2 Å². The molecule has 0 unspecified atom stereocenters. The fourth-order valence-electron chi connectivity index (χ4n) is 4.35. The second-order valence-electron chi connectivity index (χ2n) is 8.05. The molecule has 0 aliphatic carbocycles. The van der Waals surface area contributed by atoms with Crippen molar-refractivity contribution in [3.05, 3.63) is 72.2 Å². The largest absolute Gasteiger partial charge is 0.497 e. The molecule has 0 saturated carbocycles. The minimum atomic E-state index is -0.154. The van der Waals surface area contributed by atoms with Crippen LogP contribution < -0.4 is 19.1 Å². The molecule has 0 atom stereocenters. The summed E-state index contributed by atoms with van der Waals surface area (Å²) in [7, 11) is 4.88. The van der Waals surface area contributed by atoms with Gasteiger partial charge in [-0.1, -0.05) is 12.1 Å². The van der Waals surface area contributed by atoms with Gasteiger partial charge in [-0.05, 0) is 54.8 Å². The lowest BCUT2D eigenvalue weighted by atomic mass is 10.0. The minimum Gasteiger partial charge on any atom is -0.497 e. The third kappa shape index (κ3) is 5.14. The quantitative estimate of drug-likeness (QED) is 0.499.